The fourth-order valence-corrected chi connectivity index (χ4v) is 2.81. The van der Waals surface area contributed by atoms with E-state index in [4.69, 9.17) is 4.42 Å². The molecule has 1 aromatic carbocycles. The maximum absolute atomic E-state index is 5.92. The molecule has 0 aliphatic rings. The van der Waals surface area contributed by atoms with Crippen molar-refractivity contribution in [1.82, 2.24) is 25.4 Å². The van der Waals surface area contributed by atoms with Gasteiger partial charge in [-0.15, -0.1) is 34.2 Å². The summed E-state index contributed by atoms with van der Waals surface area (Å²) in [5.74, 6) is 2.66. The highest BCUT2D eigenvalue weighted by Crippen LogP contribution is 2.24. The molecule has 0 spiro atoms. The number of hydrogen-bond donors (Lipinski definition) is 2. The van der Waals surface area contributed by atoms with Gasteiger partial charge < -0.3 is 19.6 Å². The molecule has 3 aromatic rings. The minimum Gasteiger partial charge on any atom is -0.459 e. The zero-order valence-electron chi connectivity index (χ0n) is 15.3. The number of hydrogen-bond acceptors (Lipinski definition) is 4. The molecule has 0 atom stereocenters. The lowest BCUT2D eigenvalue weighted by Gasteiger charge is -2.12. The number of aromatic nitrogens is 3. The fraction of sp³-hybridized carbons (Fsp3) is 0.389. The largest absolute Gasteiger partial charge is 0.459 e. The third kappa shape index (κ3) is 4.54. The Bertz CT molecular complexity index is 870. The highest BCUT2D eigenvalue weighted by molar-refractivity contribution is 14.0. The van der Waals surface area contributed by atoms with Crippen LogP contribution in [0.25, 0.3) is 11.0 Å². The van der Waals surface area contributed by atoms with Crippen molar-refractivity contribution in [1.29, 1.82) is 0 Å². The summed E-state index contributed by atoms with van der Waals surface area (Å²) in [5.41, 5.74) is 2.08. The lowest BCUT2D eigenvalue weighted by atomic mass is 10.1. The van der Waals surface area contributed by atoms with Gasteiger partial charge in [0.15, 0.2) is 5.96 Å². The van der Waals surface area contributed by atoms with Gasteiger partial charge in [0.1, 0.15) is 23.5 Å². The molecule has 0 saturated heterocycles. The number of rotatable bonds is 6. The molecule has 0 unspecified atom stereocenters. The molecular weight excluding hydrogens is 443 g/mol. The van der Waals surface area contributed by atoms with Crippen LogP contribution < -0.4 is 10.6 Å². The third-order valence-corrected chi connectivity index (χ3v) is 4.24. The number of nitrogens with one attached hydrogen (secondary N) is 2. The number of halogens is 1. The molecule has 0 bridgehead atoms. The Morgan fingerprint density at radius 2 is 2.08 bits per heavy atom. The van der Waals surface area contributed by atoms with E-state index in [1.807, 2.05) is 22.8 Å². The summed E-state index contributed by atoms with van der Waals surface area (Å²) in [5, 5.41) is 15.8. The van der Waals surface area contributed by atoms with Crippen LogP contribution in [0.1, 0.15) is 24.1 Å². The lowest BCUT2D eigenvalue weighted by molar-refractivity contribution is 0.533. The first-order chi connectivity index (χ1) is 12.2. The molecule has 0 amide bonds. The van der Waals surface area contributed by atoms with Crippen molar-refractivity contribution < 1.29 is 4.42 Å². The van der Waals surface area contributed by atoms with Gasteiger partial charge in [0, 0.05) is 37.5 Å². The van der Waals surface area contributed by atoms with Crippen molar-refractivity contribution in [3.05, 3.63) is 47.7 Å². The highest BCUT2D eigenvalue weighted by Gasteiger charge is 2.10. The van der Waals surface area contributed by atoms with Crippen LogP contribution >= 0.6 is 24.0 Å². The van der Waals surface area contributed by atoms with Crippen molar-refractivity contribution in [2.75, 3.05) is 13.6 Å². The molecule has 7 nitrogen and oxygen atoms in total. The summed E-state index contributed by atoms with van der Waals surface area (Å²) in [4.78, 5) is 4.26. The van der Waals surface area contributed by atoms with Crippen molar-refractivity contribution >= 4 is 40.9 Å². The van der Waals surface area contributed by atoms with Crippen molar-refractivity contribution in [2.45, 2.75) is 33.4 Å². The molecule has 2 aromatic heterocycles. The summed E-state index contributed by atoms with van der Waals surface area (Å²) in [6, 6.07) is 8.08. The van der Waals surface area contributed by atoms with Gasteiger partial charge in [-0.05, 0) is 13.0 Å². The normalized spacial score (nSPS) is 11.4. The molecule has 3 rings (SSSR count). The predicted octanol–water partition coefficient (Wildman–Crippen LogP) is 2.88. The predicted molar refractivity (Wildman–Crippen MR) is 114 cm³/mol. The van der Waals surface area contributed by atoms with Crippen LogP contribution in [0.5, 0.6) is 0 Å². The Labute approximate surface area is 170 Å². The van der Waals surface area contributed by atoms with Gasteiger partial charge in [0.2, 0.25) is 0 Å². The summed E-state index contributed by atoms with van der Waals surface area (Å²) < 4.78 is 7.97. The van der Waals surface area contributed by atoms with Gasteiger partial charge in [-0.1, -0.05) is 25.1 Å². The number of para-hydroxylation sites is 1. The maximum atomic E-state index is 5.92. The minimum absolute atomic E-state index is 0. The molecule has 0 radical (unpaired) electrons. The standard InChI is InChI=1S/C18H24N6O.HI/c1-4-17-23-22-12-24(17)10-9-20-18(19-3)21-11-16-13(2)14-7-5-6-8-15(14)25-16;/h5-8,12H,4,9-11H2,1-3H3,(H2,19,20,21);1H. The van der Waals surface area contributed by atoms with Crippen molar-refractivity contribution in [2.24, 2.45) is 4.99 Å². The maximum Gasteiger partial charge on any atom is 0.191 e. The Morgan fingerprint density at radius 1 is 1.27 bits per heavy atom. The van der Waals surface area contributed by atoms with Crippen LogP contribution in [-0.4, -0.2) is 34.3 Å². The van der Waals surface area contributed by atoms with Crippen LogP contribution in [0.3, 0.4) is 0 Å². The first kappa shape index (κ1) is 20.2. The number of aryl methyl sites for hydroxylation is 2. The molecule has 0 fully saturated rings. The summed E-state index contributed by atoms with van der Waals surface area (Å²) in [7, 11) is 1.76. The number of fused-ring (bicyclic) bond motifs is 1. The average molecular weight is 468 g/mol. The van der Waals surface area contributed by atoms with Gasteiger partial charge in [-0.3, -0.25) is 4.99 Å². The molecular formula is C18H25IN6O. The van der Waals surface area contributed by atoms with E-state index >= 15 is 0 Å². The number of guanidine groups is 1. The lowest BCUT2D eigenvalue weighted by Crippen LogP contribution is -2.38. The SMILES string of the molecule is CCc1nncn1CCNC(=NC)NCc1oc2ccccc2c1C.I. The van der Waals surface area contributed by atoms with E-state index in [-0.39, 0.29) is 24.0 Å². The zero-order valence-corrected chi connectivity index (χ0v) is 17.7. The van der Waals surface area contributed by atoms with Crippen molar-refractivity contribution in [3.63, 3.8) is 0 Å². The van der Waals surface area contributed by atoms with E-state index in [0.29, 0.717) is 6.54 Å². The minimum atomic E-state index is 0. The summed E-state index contributed by atoms with van der Waals surface area (Å²) in [6.07, 6.45) is 2.63. The first-order valence-electron chi connectivity index (χ1n) is 8.51. The van der Waals surface area contributed by atoms with Crippen LogP contribution in [0.4, 0.5) is 0 Å². The molecule has 8 heteroatoms. The Hall–Kier alpha value is -2.10. The molecule has 26 heavy (non-hydrogen) atoms. The number of furan rings is 1. The second kappa shape index (κ2) is 9.56. The van der Waals surface area contributed by atoms with Gasteiger partial charge in [-0.2, -0.15) is 0 Å². The summed E-state index contributed by atoms with van der Waals surface area (Å²) >= 11 is 0. The van der Waals surface area contributed by atoms with Crippen LogP contribution in [0.15, 0.2) is 40.0 Å². The van der Waals surface area contributed by atoms with E-state index < -0.39 is 0 Å². The highest BCUT2D eigenvalue weighted by atomic mass is 127. The second-order valence-electron chi connectivity index (χ2n) is 5.79. The van der Waals surface area contributed by atoms with Crippen molar-refractivity contribution in [3.8, 4) is 0 Å². The zero-order chi connectivity index (χ0) is 17.6. The van der Waals surface area contributed by atoms with E-state index in [1.165, 1.54) is 0 Å². The molecule has 0 aliphatic heterocycles. The van der Waals surface area contributed by atoms with Gasteiger partial charge in [0.05, 0.1) is 6.54 Å². The monoisotopic (exact) mass is 468 g/mol. The second-order valence-corrected chi connectivity index (χ2v) is 5.79. The number of aliphatic imine (C=N–C) groups is 1. The van der Waals surface area contributed by atoms with E-state index in [1.54, 1.807) is 13.4 Å². The van der Waals surface area contributed by atoms with Gasteiger partial charge >= 0.3 is 0 Å². The third-order valence-electron chi connectivity index (χ3n) is 4.24. The molecule has 2 N–H and O–H groups in total. The Balaban J connectivity index is 0.00000243. The molecule has 2 heterocycles. The topological polar surface area (TPSA) is 80.3 Å². The smallest absolute Gasteiger partial charge is 0.191 e. The molecule has 140 valence electrons. The van der Waals surface area contributed by atoms with E-state index in [0.717, 1.165) is 53.6 Å². The molecule has 0 saturated carbocycles. The molecule has 0 aliphatic carbocycles. The van der Waals surface area contributed by atoms with Gasteiger partial charge in [-0.25, -0.2) is 0 Å². The van der Waals surface area contributed by atoms with Crippen LogP contribution in [-0.2, 0) is 19.5 Å². The Kier molecular flexibility index (Phi) is 7.43. The average Bonchev–Trinajstić information content (AvgIpc) is 3.22. The summed E-state index contributed by atoms with van der Waals surface area (Å²) in [6.45, 7) is 6.28. The van der Waals surface area contributed by atoms with Crippen LogP contribution in [0, 0.1) is 6.92 Å². The number of benzene rings is 1. The van der Waals surface area contributed by atoms with Crippen LogP contribution in [0.2, 0.25) is 0 Å². The van der Waals surface area contributed by atoms with E-state index in [9.17, 15) is 0 Å². The first-order valence-corrected chi connectivity index (χ1v) is 8.51. The number of nitrogens with zero attached hydrogens (tertiary/aromatic N) is 4. The Morgan fingerprint density at radius 3 is 2.81 bits per heavy atom. The van der Waals surface area contributed by atoms with E-state index in [2.05, 4.69) is 45.7 Å². The fourth-order valence-electron chi connectivity index (χ4n) is 2.81. The van der Waals surface area contributed by atoms with Gasteiger partial charge in [0.25, 0.3) is 0 Å². The quantitative estimate of drug-likeness (QED) is 0.331.